The van der Waals surface area contributed by atoms with Gasteiger partial charge >= 0.3 is 5.97 Å². The SMILES string of the molecule is COc1cc(-n2cnc(Nc3nc(N4CCC[C@H]4C(=O)O)nn4cccc34)c2)cc(OC)c1OC. The normalized spacial score (nSPS) is 15.4. The highest BCUT2D eigenvalue weighted by atomic mass is 16.5. The summed E-state index contributed by atoms with van der Waals surface area (Å²) in [6.07, 6.45) is 6.58. The molecule has 1 aromatic carbocycles. The predicted octanol–water partition coefficient (Wildman–Crippen LogP) is 2.74. The standard InChI is InChI=1S/C23H25N7O5/c1-33-17-10-14(11-18(34-2)20(17)35-3)28-12-19(24-13-28)25-21-15-6-5-9-30(15)27-23(26-21)29-8-4-7-16(29)22(31)32/h5-6,9-13,16H,4,7-8H2,1-3H3,(H,31,32)(H,25,26,27)/t16-/m0/s1. The van der Waals surface area contributed by atoms with Crippen LogP contribution in [0.1, 0.15) is 12.8 Å². The molecule has 1 atom stereocenters. The summed E-state index contributed by atoms with van der Waals surface area (Å²) in [6, 6.07) is 6.73. The minimum Gasteiger partial charge on any atom is -0.493 e. The third-order valence-corrected chi connectivity index (χ3v) is 5.95. The van der Waals surface area contributed by atoms with E-state index in [2.05, 4.69) is 20.4 Å². The average molecular weight is 479 g/mol. The minimum absolute atomic E-state index is 0.352. The van der Waals surface area contributed by atoms with E-state index in [9.17, 15) is 9.90 Å². The van der Waals surface area contributed by atoms with Crippen molar-refractivity contribution in [2.75, 3.05) is 38.1 Å². The second-order valence-corrected chi connectivity index (χ2v) is 7.96. The first-order valence-corrected chi connectivity index (χ1v) is 11.0. The second kappa shape index (κ2) is 9.05. The fraction of sp³-hybridized carbons (Fsp3) is 0.304. The molecule has 1 fully saturated rings. The molecule has 1 aliphatic heterocycles. The van der Waals surface area contributed by atoms with Crippen LogP contribution in [-0.2, 0) is 4.79 Å². The van der Waals surface area contributed by atoms with Gasteiger partial charge in [0.2, 0.25) is 11.7 Å². The summed E-state index contributed by atoms with van der Waals surface area (Å²) in [5.74, 6) is 2.09. The Morgan fingerprint density at radius 2 is 1.94 bits per heavy atom. The molecule has 0 aliphatic carbocycles. The molecule has 0 saturated carbocycles. The summed E-state index contributed by atoms with van der Waals surface area (Å²) in [5.41, 5.74) is 1.50. The van der Waals surface area contributed by atoms with Crippen molar-refractivity contribution in [1.82, 2.24) is 24.1 Å². The molecule has 3 aromatic heterocycles. The Morgan fingerprint density at radius 3 is 2.63 bits per heavy atom. The van der Waals surface area contributed by atoms with Crippen LogP contribution in [0.25, 0.3) is 11.2 Å². The highest BCUT2D eigenvalue weighted by Gasteiger charge is 2.33. The number of benzene rings is 1. The summed E-state index contributed by atoms with van der Waals surface area (Å²) in [4.78, 5) is 22.5. The van der Waals surface area contributed by atoms with Crippen LogP contribution in [0.4, 0.5) is 17.6 Å². The zero-order valence-corrected chi connectivity index (χ0v) is 19.5. The van der Waals surface area contributed by atoms with Crippen LogP contribution in [0.5, 0.6) is 17.2 Å². The lowest BCUT2D eigenvalue weighted by molar-refractivity contribution is -0.138. The number of hydrogen-bond donors (Lipinski definition) is 2. The Kier molecular flexibility index (Phi) is 5.77. The number of ether oxygens (including phenoxy) is 3. The Hall–Kier alpha value is -4.48. The lowest BCUT2D eigenvalue weighted by atomic mass is 10.2. The first kappa shape index (κ1) is 22.3. The fourth-order valence-electron chi connectivity index (χ4n) is 4.27. The van der Waals surface area contributed by atoms with E-state index in [0.717, 1.165) is 17.6 Å². The van der Waals surface area contributed by atoms with Crippen molar-refractivity contribution in [3.8, 4) is 22.9 Å². The summed E-state index contributed by atoms with van der Waals surface area (Å²) in [5, 5.41) is 17.4. The number of aromatic nitrogens is 5. The molecule has 0 unspecified atom stereocenters. The number of nitrogens with one attached hydrogen (secondary N) is 1. The number of nitrogens with zero attached hydrogens (tertiary/aromatic N) is 6. The molecular formula is C23H25N7O5. The molecule has 0 bridgehead atoms. The Morgan fingerprint density at radius 1 is 1.17 bits per heavy atom. The summed E-state index contributed by atoms with van der Waals surface area (Å²) in [7, 11) is 4.68. The van der Waals surface area contributed by atoms with Gasteiger partial charge in [-0.15, -0.1) is 5.10 Å². The van der Waals surface area contributed by atoms with E-state index in [-0.39, 0.29) is 0 Å². The monoisotopic (exact) mass is 479 g/mol. The Bertz CT molecular complexity index is 1360. The Labute approximate surface area is 200 Å². The third kappa shape index (κ3) is 4.03. The van der Waals surface area contributed by atoms with Gasteiger partial charge in [-0.05, 0) is 25.0 Å². The number of methoxy groups -OCH3 is 3. The number of imidazole rings is 1. The van der Waals surface area contributed by atoms with Gasteiger partial charge in [-0.1, -0.05) is 0 Å². The summed E-state index contributed by atoms with van der Waals surface area (Å²) >= 11 is 0. The van der Waals surface area contributed by atoms with Gasteiger partial charge in [0, 0.05) is 24.9 Å². The topological polar surface area (TPSA) is 128 Å². The van der Waals surface area contributed by atoms with Crippen LogP contribution in [0.15, 0.2) is 43.0 Å². The number of anilines is 3. The molecular weight excluding hydrogens is 454 g/mol. The summed E-state index contributed by atoms with van der Waals surface area (Å²) in [6.45, 7) is 0.582. The zero-order valence-electron chi connectivity index (χ0n) is 19.5. The van der Waals surface area contributed by atoms with Gasteiger partial charge in [0.15, 0.2) is 17.3 Å². The third-order valence-electron chi connectivity index (χ3n) is 5.95. The zero-order chi connectivity index (χ0) is 24.5. The fourth-order valence-corrected chi connectivity index (χ4v) is 4.27. The number of aliphatic carboxylic acids is 1. The summed E-state index contributed by atoms with van der Waals surface area (Å²) < 4.78 is 19.8. The lowest BCUT2D eigenvalue weighted by Gasteiger charge is -2.22. The maximum atomic E-state index is 11.7. The number of carboxylic acids is 1. The number of hydrogen-bond acceptors (Lipinski definition) is 9. The van der Waals surface area contributed by atoms with Crippen molar-refractivity contribution in [3.63, 3.8) is 0 Å². The van der Waals surface area contributed by atoms with Crippen molar-refractivity contribution in [2.24, 2.45) is 0 Å². The van der Waals surface area contributed by atoms with Crippen molar-refractivity contribution < 1.29 is 24.1 Å². The average Bonchev–Trinajstić information content (AvgIpc) is 3.63. The molecule has 12 nitrogen and oxygen atoms in total. The first-order chi connectivity index (χ1) is 17.0. The van der Waals surface area contributed by atoms with Crippen molar-refractivity contribution >= 4 is 29.1 Å². The molecule has 0 spiro atoms. The number of carbonyl (C=O) groups is 1. The number of rotatable bonds is 8. The minimum atomic E-state index is -0.877. The van der Waals surface area contributed by atoms with Gasteiger partial charge in [-0.25, -0.2) is 14.3 Å². The molecule has 182 valence electrons. The predicted molar refractivity (Wildman–Crippen MR) is 127 cm³/mol. The van der Waals surface area contributed by atoms with E-state index >= 15 is 0 Å². The molecule has 1 aliphatic rings. The van der Waals surface area contributed by atoms with Gasteiger partial charge in [0.25, 0.3) is 0 Å². The van der Waals surface area contributed by atoms with Crippen LogP contribution >= 0.6 is 0 Å². The molecule has 4 aromatic rings. The molecule has 1 saturated heterocycles. The van der Waals surface area contributed by atoms with E-state index in [1.165, 1.54) is 0 Å². The van der Waals surface area contributed by atoms with E-state index < -0.39 is 12.0 Å². The van der Waals surface area contributed by atoms with Gasteiger partial charge in [0.05, 0.1) is 33.2 Å². The van der Waals surface area contributed by atoms with E-state index in [1.54, 1.807) is 49.5 Å². The highest BCUT2D eigenvalue weighted by molar-refractivity contribution is 5.79. The van der Waals surface area contributed by atoms with Crippen LogP contribution in [-0.4, -0.2) is 69.1 Å². The Balaban J connectivity index is 1.48. The van der Waals surface area contributed by atoms with Crippen molar-refractivity contribution in [2.45, 2.75) is 18.9 Å². The maximum Gasteiger partial charge on any atom is 0.326 e. The second-order valence-electron chi connectivity index (χ2n) is 7.96. The molecule has 0 radical (unpaired) electrons. The van der Waals surface area contributed by atoms with Gasteiger partial charge < -0.3 is 34.1 Å². The lowest BCUT2D eigenvalue weighted by Crippen LogP contribution is -2.37. The highest BCUT2D eigenvalue weighted by Crippen LogP contribution is 2.39. The number of fused-ring (bicyclic) bond motifs is 1. The van der Waals surface area contributed by atoms with E-state index in [1.807, 2.05) is 28.8 Å². The smallest absolute Gasteiger partial charge is 0.326 e. The van der Waals surface area contributed by atoms with E-state index in [4.69, 9.17) is 14.2 Å². The molecule has 35 heavy (non-hydrogen) atoms. The van der Waals surface area contributed by atoms with Gasteiger partial charge in [-0.3, -0.25) is 0 Å². The van der Waals surface area contributed by atoms with Crippen LogP contribution in [0.3, 0.4) is 0 Å². The van der Waals surface area contributed by atoms with Crippen molar-refractivity contribution in [1.29, 1.82) is 0 Å². The van der Waals surface area contributed by atoms with Gasteiger partial charge in [0.1, 0.15) is 23.7 Å². The molecule has 0 amide bonds. The maximum absolute atomic E-state index is 11.7. The van der Waals surface area contributed by atoms with Gasteiger partial charge in [-0.2, -0.15) is 4.98 Å². The van der Waals surface area contributed by atoms with Crippen LogP contribution < -0.4 is 24.4 Å². The molecule has 12 heteroatoms. The molecule has 5 rings (SSSR count). The van der Waals surface area contributed by atoms with Crippen LogP contribution in [0, 0.1) is 0 Å². The van der Waals surface area contributed by atoms with Crippen LogP contribution in [0.2, 0.25) is 0 Å². The largest absolute Gasteiger partial charge is 0.493 e. The molecule has 4 heterocycles. The molecule has 2 N–H and O–H groups in total. The quantitative estimate of drug-likeness (QED) is 0.389. The van der Waals surface area contributed by atoms with E-state index in [0.29, 0.717) is 47.8 Å². The van der Waals surface area contributed by atoms with Crippen molar-refractivity contribution in [3.05, 3.63) is 43.0 Å². The number of carboxylic acid groups (broad SMARTS) is 1. The first-order valence-electron chi connectivity index (χ1n) is 11.0.